The molecule has 6 heteroatoms. The van der Waals surface area contributed by atoms with Gasteiger partial charge < -0.3 is 5.32 Å². The van der Waals surface area contributed by atoms with E-state index in [1.165, 1.54) is 0 Å². The number of halogens is 1. The third-order valence-electron chi connectivity index (χ3n) is 2.74. The molecule has 2 N–H and O–H groups in total. The van der Waals surface area contributed by atoms with Crippen molar-refractivity contribution in [2.45, 2.75) is 11.4 Å². The third kappa shape index (κ3) is 3.59. The molecule has 2 rings (SSSR count). The topological polar surface area (TPSA) is 58.2 Å². The van der Waals surface area contributed by atoms with E-state index < -0.39 is 10.0 Å². The largest absolute Gasteiger partial charge is 0.316 e. The van der Waals surface area contributed by atoms with Crippen molar-refractivity contribution in [3.63, 3.8) is 0 Å². The van der Waals surface area contributed by atoms with Gasteiger partial charge in [-0.25, -0.2) is 8.42 Å². The van der Waals surface area contributed by atoms with Gasteiger partial charge >= 0.3 is 0 Å². The Bertz CT molecular complexity index is 702. The van der Waals surface area contributed by atoms with Gasteiger partial charge in [-0.3, -0.25) is 4.72 Å². The van der Waals surface area contributed by atoms with Crippen molar-refractivity contribution < 1.29 is 8.42 Å². The molecule has 0 bridgehead atoms. The highest BCUT2D eigenvalue weighted by atomic mass is 79.9. The normalized spacial score (nSPS) is 11.3. The number of hydrogen-bond donors (Lipinski definition) is 2. The maximum absolute atomic E-state index is 12.4. The predicted octanol–water partition coefficient (Wildman–Crippen LogP) is 2.97. The van der Waals surface area contributed by atoms with E-state index in [4.69, 9.17) is 0 Å². The van der Waals surface area contributed by atoms with Crippen LogP contribution in [0.5, 0.6) is 0 Å². The van der Waals surface area contributed by atoms with E-state index in [-0.39, 0.29) is 4.90 Å². The monoisotopic (exact) mass is 354 g/mol. The zero-order chi connectivity index (χ0) is 14.6. The van der Waals surface area contributed by atoms with Crippen LogP contribution >= 0.6 is 15.9 Å². The number of para-hydroxylation sites is 1. The standard InChI is InChI=1S/C14H15BrN2O2S/c1-16-10-11-5-2-3-8-14(11)17-20(18,19)13-7-4-6-12(15)9-13/h2-9,16-17H,10H2,1H3. The Kier molecular flexibility index (Phi) is 4.80. The average Bonchev–Trinajstić information content (AvgIpc) is 2.41. The minimum atomic E-state index is -3.58. The Hall–Kier alpha value is -1.37. The summed E-state index contributed by atoms with van der Waals surface area (Å²) >= 11 is 3.28. The molecular weight excluding hydrogens is 340 g/mol. The molecule has 0 atom stereocenters. The van der Waals surface area contributed by atoms with Crippen LogP contribution in [0.4, 0.5) is 5.69 Å². The molecule has 0 aromatic heterocycles. The fraction of sp³-hybridized carbons (Fsp3) is 0.143. The van der Waals surface area contributed by atoms with E-state index in [0.717, 1.165) is 10.0 Å². The lowest BCUT2D eigenvalue weighted by Crippen LogP contribution is -2.16. The molecule has 0 aliphatic heterocycles. The molecule has 0 aliphatic carbocycles. The molecule has 2 aromatic carbocycles. The van der Waals surface area contributed by atoms with Crippen LogP contribution in [0, 0.1) is 0 Å². The van der Waals surface area contributed by atoms with E-state index in [0.29, 0.717) is 12.2 Å². The minimum Gasteiger partial charge on any atom is -0.316 e. The zero-order valence-electron chi connectivity index (χ0n) is 10.9. The molecular formula is C14H15BrN2O2S. The van der Waals surface area contributed by atoms with E-state index in [1.54, 1.807) is 36.4 Å². The van der Waals surface area contributed by atoms with Crippen molar-refractivity contribution in [2.75, 3.05) is 11.8 Å². The first-order valence-corrected chi connectivity index (χ1v) is 8.31. The Labute approximate surface area is 127 Å². The number of hydrogen-bond acceptors (Lipinski definition) is 3. The van der Waals surface area contributed by atoms with Crippen LogP contribution in [0.2, 0.25) is 0 Å². The first kappa shape index (κ1) is 15.0. The Morgan fingerprint density at radius 3 is 2.55 bits per heavy atom. The molecule has 0 saturated carbocycles. The maximum atomic E-state index is 12.4. The summed E-state index contributed by atoms with van der Waals surface area (Å²) in [4.78, 5) is 0.228. The van der Waals surface area contributed by atoms with Crippen molar-refractivity contribution in [2.24, 2.45) is 0 Å². The summed E-state index contributed by atoms with van der Waals surface area (Å²) in [5.41, 5.74) is 1.48. The van der Waals surface area contributed by atoms with Crippen molar-refractivity contribution in [3.05, 3.63) is 58.6 Å². The molecule has 0 saturated heterocycles. The van der Waals surface area contributed by atoms with Crippen molar-refractivity contribution in [1.82, 2.24) is 5.32 Å². The Balaban J connectivity index is 2.34. The predicted molar refractivity (Wildman–Crippen MR) is 84.2 cm³/mol. The second kappa shape index (κ2) is 6.39. The van der Waals surface area contributed by atoms with Gasteiger partial charge in [0.1, 0.15) is 0 Å². The molecule has 4 nitrogen and oxygen atoms in total. The van der Waals surface area contributed by atoms with Crippen molar-refractivity contribution in [3.8, 4) is 0 Å². The molecule has 0 fully saturated rings. The first-order valence-electron chi connectivity index (χ1n) is 6.04. The SMILES string of the molecule is CNCc1ccccc1NS(=O)(=O)c1cccc(Br)c1. The molecule has 0 unspecified atom stereocenters. The van der Waals surface area contributed by atoms with Gasteiger partial charge in [-0.2, -0.15) is 0 Å². The van der Waals surface area contributed by atoms with Gasteiger partial charge in [-0.1, -0.05) is 40.2 Å². The van der Waals surface area contributed by atoms with Crippen molar-refractivity contribution >= 4 is 31.6 Å². The molecule has 0 heterocycles. The highest BCUT2D eigenvalue weighted by molar-refractivity contribution is 9.10. The van der Waals surface area contributed by atoms with Gasteiger partial charge in [0.25, 0.3) is 10.0 Å². The van der Waals surface area contributed by atoms with Gasteiger partial charge in [-0.05, 0) is 36.9 Å². The van der Waals surface area contributed by atoms with Gasteiger partial charge in [0.05, 0.1) is 10.6 Å². The fourth-order valence-corrected chi connectivity index (χ4v) is 3.50. The van der Waals surface area contributed by atoms with Crippen LogP contribution in [-0.2, 0) is 16.6 Å². The number of benzene rings is 2. The average molecular weight is 355 g/mol. The number of anilines is 1. The number of rotatable bonds is 5. The lowest BCUT2D eigenvalue weighted by atomic mass is 10.2. The number of sulfonamides is 1. The zero-order valence-corrected chi connectivity index (χ0v) is 13.3. The highest BCUT2D eigenvalue weighted by Gasteiger charge is 2.15. The Morgan fingerprint density at radius 1 is 1.10 bits per heavy atom. The smallest absolute Gasteiger partial charge is 0.261 e. The lowest BCUT2D eigenvalue weighted by Gasteiger charge is -2.12. The lowest BCUT2D eigenvalue weighted by molar-refractivity contribution is 0.601. The highest BCUT2D eigenvalue weighted by Crippen LogP contribution is 2.22. The van der Waals surface area contributed by atoms with E-state index in [9.17, 15) is 8.42 Å². The summed E-state index contributed by atoms with van der Waals surface area (Å²) < 4.78 is 28.1. The fourth-order valence-electron chi connectivity index (χ4n) is 1.80. The third-order valence-corrected chi connectivity index (χ3v) is 4.59. The summed E-state index contributed by atoms with van der Waals surface area (Å²) in [5, 5.41) is 3.02. The summed E-state index contributed by atoms with van der Waals surface area (Å²) in [6.45, 7) is 0.594. The molecule has 0 spiro atoms. The quantitative estimate of drug-likeness (QED) is 0.867. The van der Waals surface area contributed by atoms with Crippen LogP contribution < -0.4 is 10.0 Å². The molecule has 0 amide bonds. The second-order valence-electron chi connectivity index (χ2n) is 4.25. The molecule has 2 aromatic rings. The van der Waals surface area contributed by atoms with Crippen LogP contribution in [0.1, 0.15) is 5.56 Å². The van der Waals surface area contributed by atoms with E-state index >= 15 is 0 Å². The molecule has 0 radical (unpaired) electrons. The van der Waals surface area contributed by atoms with Gasteiger partial charge in [0, 0.05) is 11.0 Å². The van der Waals surface area contributed by atoms with Gasteiger partial charge in [0.2, 0.25) is 0 Å². The molecule has 0 aliphatic rings. The first-order chi connectivity index (χ1) is 9.53. The second-order valence-corrected chi connectivity index (χ2v) is 6.85. The summed E-state index contributed by atoms with van der Waals surface area (Å²) in [7, 11) is -1.77. The van der Waals surface area contributed by atoms with E-state index in [2.05, 4.69) is 26.0 Å². The van der Waals surface area contributed by atoms with Crippen molar-refractivity contribution in [1.29, 1.82) is 0 Å². The van der Waals surface area contributed by atoms with Crippen LogP contribution in [0.15, 0.2) is 57.9 Å². The molecule has 106 valence electrons. The van der Waals surface area contributed by atoms with Crippen LogP contribution in [0.25, 0.3) is 0 Å². The summed E-state index contributed by atoms with van der Waals surface area (Å²) in [6.07, 6.45) is 0. The maximum Gasteiger partial charge on any atom is 0.261 e. The minimum absolute atomic E-state index is 0.228. The van der Waals surface area contributed by atoms with E-state index in [1.807, 2.05) is 19.2 Å². The number of nitrogens with one attached hydrogen (secondary N) is 2. The van der Waals surface area contributed by atoms with Crippen LogP contribution in [0.3, 0.4) is 0 Å². The molecule has 20 heavy (non-hydrogen) atoms. The van der Waals surface area contributed by atoms with Gasteiger partial charge in [0.15, 0.2) is 0 Å². The summed E-state index contributed by atoms with van der Waals surface area (Å²) in [6, 6.07) is 13.9. The van der Waals surface area contributed by atoms with Crippen LogP contribution in [-0.4, -0.2) is 15.5 Å². The Morgan fingerprint density at radius 2 is 1.85 bits per heavy atom. The summed E-state index contributed by atoms with van der Waals surface area (Å²) in [5.74, 6) is 0. The van der Waals surface area contributed by atoms with Gasteiger partial charge in [-0.15, -0.1) is 0 Å².